The third kappa shape index (κ3) is 8.27. The smallest absolute Gasteiger partial charge is 0.164 e. The molecule has 0 aliphatic carbocycles. The van der Waals surface area contributed by atoms with E-state index in [0.717, 1.165) is 122 Å². The summed E-state index contributed by atoms with van der Waals surface area (Å²) in [5.74, 6) is 2.61. The lowest BCUT2D eigenvalue weighted by Gasteiger charge is -2.24. The fourth-order valence-corrected chi connectivity index (χ4v) is 13.2. The van der Waals surface area contributed by atoms with Crippen molar-refractivity contribution in [2.45, 2.75) is 0 Å². The Bertz CT molecular complexity index is 5140. The van der Waals surface area contributed by atoms with Crippen molar-refractivity contribution in [1.82, 2.24) is 33.6 Å². The van der Waals surface area contributed by atoms with Gasteiger partial charge in [0.2, 0.25) is 0 Å². The zero-order valence-corrected chi connectivity index (χ0v) is 47.1. The average Bonchev–Trinajstić information content (AvgIpc) is 2.50. The van der Waals surface area contributed by atoms with Crippen molar-refractivity contribution in [3.63, 3.8) is 0 Å². The molecule has 0 aliphatic rings. The molecule has 87 heavy (non-hydrogen) atoms. The summed E-state index contributed by atoms with van der Waals surface area (Å²) in [5, 5.41) is 7.07. The Balaban J connectivity index is 0.995. The molecule has 17 aromatic rings. The van der Waals surface area contributed by atoms with E-state index in [-0.39, 0.29) is 0 Å². The standard InChI is InChI=1S/C80H51N7/c1-6-24-52(25-7-1)74-73(54-42-44-58(45-43-54)79-83-77(56-30-12-4-13-31-56)82-78(84-79)57-32-14-5-15-33-57)75(53-26-8-2-9-27-53)80(81-76(74)55-28-10-3-11-29-55)87-71-50-59(85-67-38-20-16-34-61(67)62-35-17-21-39-68(62)85)46-48-65(71)66-49-47-60(51-72(66)87)86-69-40-22-18-36-63(69)64-37-19-23-41-70(64)86/h1-51H. The predicted molar refractivity (Wildman–Crippen MR) is 359 cm³/mol. The van der Waals surface area contributed by atoms with Crippen LogP contribution >= 0.6 is 0 Å². The van der Waals surface area contributed by atoms with Gasteiger partial charge >= 0.3 is 0 Å². The molecule has 0 unspecified atom stereocenters. The molecule has 406 valence electrons. The Morgan fingerprint density at radius 1 is 0.195 bits per heavy atom. The van der Waals surface area contributed by atoms with Crippen LogP contribution in [0.4, 0.5) is 0 Å². The molecule has 0 bridgehead atoms. The largest absolute Gasteiger partial charge is 0.309 e. The second kappa shape index (κ2) is 20.5. The quantitative estimate of drug-likeness (QED) is 0.137. The van der Waals surface area contributed by atoms with Gasteiger partial charge in [-0.25, -0.2) is 19.9 Å². The lowest BCUT2D eigenvalue weighted by molar-refractivity contribution is 1.07. The van der Waals surface area contributed by atoms with Gasteiger partial charge in [0.1, 0.15) is 5.82 Å². The SMILES string of the molecule is c1ccc(-c2nc(-c3ccccc3)nc(-c3ccc(-c4c(-c5ccccc5)c(-c5ccccc5)nc(-n5c6cc(-n7c8ccccc8c8ccccc87)ccc6c6ccc(-n7c8ccccc8c8ccccc87)cc65)c4-c4ccccc4)cc3)n2)cc1. The fraction of sp³-hybridized carbons (Fsp3) is 0. The summed E-state index contributed by atoms with van der Waals surface area (Å²) in [6.07, 6.45) is 0. The maximum absolute atomic E-state index is 6.17. The Labute approximate surface area is 501 Å². The number of benzene rings is 12. The molecule has 0 saturated carbocycles. The van der Waals surface area contributed by atoms with E-state index in [0.29, 0.717) is 17.5 Å². The molecule has 5 aromatic heterocycles. The summed E-state index contributed by atoms with van der Waals surface area (Å²) >= 11 is 0. The molecule has 12 aromatic carbocycles. The van der Waals surface area contributed by atoms with Gasteiger partial charge in [0.05, 0.1) is 38.8 Å². The second-order valence-corrected chi connectivity index (χ2v) is 22.1. The topological polar surface area (TPSA) is 66.3 Å². The van der Waals surface area contributed by atoms with Crippen LogP contribution in [0.2, 0.25) is 0 Å². The van der Waals surface area contributed by atoms with Gasteiger partial charge in [-0.15, -0.1) is 0 Å². The van der Waals surface area contributed by atoms with Gasteiger partial charge in [-0.1, -0.05) is 261 Å². The van der Waals surface area contributed by atoms with E-state index in [4.69, 9.17) is 19.9 Å². The van der Waals surface area contributed by atoms with Crippen molar-refractivity contribution in [2.24, 2.45) is 0 Å². The first-order valence-corrected chi connectivity index (χ1v) is 29.5. The van der Waals surface area contributed by atoms with Crippen LogP contribution in [0.3, 0.4) is 0 Å². The zero-order valence-electron chi connectivity index (χ0n) is 47.1. The molecule has 0 amide bonds. The molecule has 0 saturated heterocycles. The van der Waals surface area contributed by atoms with Crippen molar-refractivity contribution >= 4 is 65.4 Å². The number of aromatic nitrogens is 7. The van der Waals surface area contributed by atoms with Crippen molar-refractivity contribution in [3.8, 4) is 96.0 Å². The fourth-order valence-electron chi connectivity index (χ4n) is 13.2. The summed E-state index contributed by atoms with van der Waals surface area (Å²) in [6, 6.07) is 110. The van der Waals surface area contributed by atoms with E-state index in [1.54, 1.807) is 0 Å². The molecular formula is C80H51N7. The molecule has 7 heteroatoms. The maximum Gasteiger partial charge on any atom is 0.164 e. The highest BCUT2D eigenvalue weighted by atomic mass is 15.1. The normalized spacial score (nSPS) is 11.7. The number of rotatable bonds is 10. The molecule has 0 spiro atoms. The number of para-hydroxylation sites is 4. The molecule has 7 nitrogen and oxygen atoms in total. The predicted octanol–water partition coefficient (Wildman–Crippen LogP) is 20.2. The minimum Gasteiger partial charge on any atom is -0.309 e. The number of hydrogen-bond acceptors (Lipinski definition) is 4. The highest BCUT2D eigenvalue weighted by Gasteiger charge is 2.29. The van der Waals surface area contributed by atoms with Crippen molar-refractivity contribution < 1.29 is 0 Å². The molecule has 0 radical (unpaired) electrons. The maximum atomic E-state index is 6.17. The van der Waals surface area contributed by atoms with Crippen molar-refractivity contribution in [1.29, 1.82) is 0 Å². The number of fused-ring (bicyclic) bond motifs is 9. The van der Waals surface area contributed by atoms with Gasteiger partial charge in [0, 0.05) is 82.6 Å². The van der Waals surface area contributed by atoms with Gasteiger partial charge in [0.25, 0.3) is 0 Å². The van der Waals surface area contributed by atoms with Crippen LogP contribution < -0.4 is 0 Å². The second-order valence-electron chi connectivity index (χ2n) is 22.1. The van der Waals surface area contributed by atoms with Crippen LogP contribution in [0.5, 0.6) is 0 Å². The molecule has 0 aliphatic heterocycles. The molecule has 0 atom stereocenters. The number of pyridine rings is 1. The van der Waals surface area contributed by atoms with Crippen molar-refractivity contribution in [2.75, 3.05) is 0 Å². The highest BCUT2D eigenvalue weighted by Crippen LogP contribution is 2.50. The molecule has 17 rings (SSSR count). The van der Waals surface area contributed by atoms with E-state index in [1.807, 2.05) is 60.7 Å². The highest BCUT2D eigenvalue weighted by molar-refractivity contribution is 6.15. The van der Waals surface area contributed by atoms with Crippen LogP contribution in [-0.4, -0.2) is 33.6 Å². The lowest BCUT2D eigenvalue weighted by atomic mass is 9.85. The molecule has 5 heterocycles. The van der Waals surface area contributed by atoms with E-state index < -0.39 is 0 Å². The Hall–Kier alpha value is -11.8. The van der Waals surface area contributed by atoms with E-state index >= 15 is 0 Å². The average molecular weight is 1110 g/mol. The Morgan fingerprint density at radius 2 is 0.494 bits per heavy atom. The van der Waals surface area contributed by atoms with Gasteiger partial charge in [-0.2, -0.15) is 0 Å². The van der Waals surface area contributed by atoms with Crippen LogP contribution in [-0.2, 0) is 0 Å². The summed E-state index contributed by atoms with van der Waals surface area (Å²) in [5.41, 5.74) is 19.4. The van der Waals surface area contributed by atoms with Gasteiger partial charge in [-0.3, -0.25) is 4.57 Å². The van der Waals surface area contributed by atoms with Gasteiger partial charge in [0.15, 0.2) is 17.5 Å². The first-order chi connectivity index (χ1) is 43.2. The van der Waals surface area contributed by atoms with E-state index in [2.05, 4.69) is 262 Å². The van der Waals surface area contributed by atoms with E-state index in [1.165, 1.54) is 21.5 Å². The summed E-state index contributed by atoms with van der Waals surface area (Å²) in [6.45, 7) is 0. The van der Waals surface area contributed by atoms with Crippen LogP contribution in [0.1, 0.15) is 0 Å². The van der Waals surface area contributed by atoms with Crippen LogP contribution in [0.25, 0.3) is 161 Å². The minimum absolute atomic E-state index is 0.588. The van der Waals surface area contributed by atoms with Crippen molar-refractivity contribution in [3.05, 3.63) is 309 Å². The van der Waals surface area contributed by atoms with Gasteiger partial charge < -0.3 is 9.13 Å². The lowest BCUT2D eigenvalue weighted by Crippen LogP contribution is -2.07. The number of nitrogens with zero attached hydrogens (tertiary/aromatic N) is 7. The summed E-state index contributed by atoms with van der Waals surface area (Å²) in [4.78, 5) is 21.5. The first kappa shape index (κ1) is 49.8. The Kier molecular flexibility index (Phi) is 11.7. The van der Waals surface area contributed by atoms with Crippen LogP contribution in [0.15, 0.2) is 309 Å². The molecule has 0 fully saturated rings. The van der Waals surface area contributed by atoms with Gasteiger partial charge in [-0.05, 0) is 65.2 Å². The molecular weight excluding hydrogens is 1060 g/mol. The summed E-state index contributed by atoms with van der Waals surface area (Å²) < 4.78 is 7.29. The number of hydrogen-bond donors (Lipinski definition) is 0. The summed E-state index contributed by atoms with van der Waals surface area (Å²) in [7, 11) is 0. The third-order valence-electron chi connectivity index (χ3n) is 17.1. The minimum atomic E-state index is 0.588. The van der Waals surface area contributed by atoms with E-state index in [9.17, 15) is 0 Å². The molecule has 0 N–H and O–H groups in total. The first-order valence-electron chi connectivity index (χ1n) is 29.5. The Morgan fingerprint density at radius 3 is 0.897 bits per heavy atom. The van der Waals surface area contributed by atoms with Crippen LogP contribution in [0, 0.1) is 0 Å². The zero-order chi connectivity index (χ0) is 57.4. The monoisotopic (exact) mass is 1110 g/mol. The third-order valence-corrected chi connectivity index (χ3v) is 17.1.